The van der Waals surface area contributed by atoms with Crippen molar-refractivity contribution < 1.29 is 24.2 Å². The van der Waals surface area contributed by atoms with Gasteiger partial charge in [-0.15, -0.1) is 0 Å². The van der Waals surface area contributed by atoms with E-state index in [0.717, 1.165) is 0 Å². The monoisotopic (exact) mass is 420 g/mol. The van der Waals surface area contributed by atoms with Gasteiger partial charge in [0, 0.05) is 12.6 Å². The van der Waals surface area contributed by atoms with Gasteiger partial charge in [0.1, 0.15) is 12.6 Å². The number of hydrogen-bond acceptors (Lipinski definition) is 7. The van der Waals surface area contributed by atoms with E-state index < -0.39 is 17.5 Å². The minimum Gasteiger partial charge on any atom is -0.493 e. The summed E-state index contributed by atoms with van der Waals surface area (Å²) in [5.41, 5.74) is -0.00361. The molecule has 10 nitrogen and oxygen atoms in total. The van der Waals surface area contributed by atoms with Gasteiger partial charge in [-0.05, 0) is 12.0 Å². The van der Waals surface area contributed by atoms with Crippen molar-refractivity contribution in [1.29, 1.82) is 0 Å². The average molecular weight is 420 g/mol. The van der Waals surface area contributed by atoms with Crippen LogP contribution >= 0.6 is 0 Å². The summed E-state index contributed by atoms with van der Waals surface area (Å²) in [6.07, 6.45) is 1.94. The number of aliphatic hydroxyl groups is 1. The predicted octanol–water partition coefficient (Wildman–Crippen LogP) is 0.0531. The molecule has 0 saturated heterocycles. The lowest BCUT2D eigenvalue weighted by Gasteiger charge is -2.23. The van der Waals surface area contributed by atoms with Crippen LogP contribution in [0.1, 0.15) is 20.3 Å². The first-order chi connectivity index (χ1) is 14.4. The Bertz CT molecular complexity index is 958. The quantitative estimate of drug-likeness (QED) is 0.495. The highest BCUT2D eigenvalue weighted by molar-refractivity contribution is 5.88. The normalized spacial score (nSPS) is 12.8. The molecule has 0 spiro atoms. The fraction of sp³-hybridized carbons (Fsp3) is 0.500. The Balaban J connectivity index is 2.25. The number of hydrogen-bond donors (Lipinski definition) is 3. The Morgan fingerprint density at radius 3 is 2.50 bits per heavy atom. The number of carbonyl (C=O) groups is 2. The summed E-state index contributed by atoms with van der Waals surface area (Å²) in [7, 11) is 2.95. The maximum Gasteiger partial charge on any atom is 0.261 e. The van der Waals surface area contributed by atoms with Gasteiger partial charge in [-0.3, -0.25) is 19.0 Å². The lowest BCUT2D eigenvalue weighted by molar-refractivity contribution is -0.130. The van der Waals surface area contributed by atoms with Crippen LogP contribution < -0.4 is 25.7 Å². The lowest BCUT2D eigenvalue weighted by atomic mass is 9.98. The van der Waals surface area contributed by atoms with Crippen LogP contribution in [-0.4, -0.2) is 59.9 Å². The zero-order chi connectivity index (χ0) is 22.3. The number of ether oxygens (including phenoxy) is 2. The second-order valence-corrected chi connectivity index (χ2v) is 6.85. The predicted molar refractivity (Wildman–Crippen MR) is 111 cm³/mol. The number of methoxy groups -OCH3 is 2. The molecule has 0 radical (unpaired) electrons. The molecule has 2 unspecified atom stereocenters. The van der Waals surface area contributed by atoms with E-state index >= 15 is 0 Å². The molecule has 2 amide bonds. The van der Waals surface area contributed by atoms with E-state index in [9.17, 15) is 14.4 Å². The molecule has 0 fully saturated rings. The van der Waals surface area contributed by atoms with Gasteiger partial charge in [-0.1, -0.05) is 20.3 Å². The van der Waals surface area contributed by atoms with Crippen LogP contribution in [0.4, 0.5) is 0 Å². The first-order valence-corrected chi connectivity index (χ1v) is 9.65. The Morgan fingerprint density at radius 2 is 1.90 bits per heavy atom. The van der Waals surface area contributed by atoms with Gasteiger partial charge >= 0.3 is 0 Å². The van der Waals surface area contributed by atoms with Crippen LogP contribution in [0.2, 0.25) is 0 Å². The fourth-order valence-electron chi connectivity index (χ4n) is 2.96. The summed E-state index contributed by atoms with van der Waals surface area (Å²) in [6.45, 7) is 3.35. The van der Waals surface area contributed by atoms with Crippen LogP contribution in [0.5, 0.6) is 11.5 Å². The first kappa shape index (κ1) is 23.1. The number of benzene rings is 1. The van der Waals surface area contributed by atoms with E-state index in [1.54, 1.807) is 6.07 Å². The number of aliphatic hydroxyl groups excluding tert-OH is 1. The zero-order valence-corrected chi connectivity index (χ0v) is 17.6. The number of nitrogens with zero attached hydrogens (tertiary/aromatic N) is 2. The van der Waals surface area contributed by atoms with Crippen LogP contribution in [0.3, 0.4) is 0 Å². The topological polar surface area (TPSA) is 132 Å². The molecule has 0 aliphatic carbocycles. The van der Waals surface area contributed by atoms with Crippen molar-refractivity contribution in [2.24, 2.45) is 5.92 Å². The molecule has 0 bridgehead atoms. The maximum absolute atomic E-state index is 12.8. The number of carbonyl (C=O) groups excluding carboxylic acids is 2. The molecule has 2 atom stereocenters. The van der Waals surface area contributed by atoms with Gasteiger partial charge in [0.15, 0.2) is 11.5 Å². The molecule has 10 heteroatoms. The largest absolute Gasteiger partial charge is 0.493 e. The molecule has 1 aromatic heterocycles. The molecule has 0 aliphatic rings. The average Bonchev–Trinajstić information content (AvgIpc) is 2.76. The highest BCUT2D eigenvalue weighted by Gasteiger charge is 2.25. The molecule has 0 aliphatic heterocycles. The summed E-state index contributed by atoms with van der Waals surface area (Å²) < 4.78 is 11.6. The summed E-state index contributed by atoms with van der Waals surface area (Å²) in [5.74, 6) is -0.187. The SMILES string of the molecule is CCC(C)C(NC(=O)Cn1cnc2cc(OC)c(OC)cc2c1=O)C(=O)NCCO. The lowest BCUT2D eigenvalue weighted by Crippen LogP contribution is -2.51. The third-order valence-electron chi connectivity index (χ3n) is 4.87. The third kappa shape index (κ3) is 5.26. The van der Waals surface area contributed by atoms with E-state index in [1.807, 2.05) is 13.8 Å². The number of nitrogens with one attached hydrogen (secondary N) is 2. The van der Waals surface area contributed by atoms with Gasteiger partial charge in [-0.25, -0.2) is 4.98 Å². The van der Waals surface area contributed by atoms with Crippen LogP contribution in [0, 0.1) is 5.92 Å². The summed E-state index contributed by atoms with van der Waals surface area (Å²) in [5, 5.41) is 14.4. The van der Waals surface area contributed by atoms with Crippen molar-refractivity contribution >= 4 is 22.7 Å². The van der Waals surface area contributed by atoms with Gasteiger partial charge in [-0.2, -0.15) is 0 Å². The minimum absolute atomic E-state index is 0.0982. The van der Waals surface area contributed by atoms with E-state index in [0.29, 0.717) is 23.4 Å². The standard InChI is InChI=1S/C20H28N4O6/c1-5-12(2)18(19(27)21-6-7-25)23-17(26)10-24-11-22-14-9-16(30-4)15(29-3)8-13(14)20(24)28/h8-9,11-12,18,25H,5-7,10H2,1-4H3,(H,21,27)(H,23,26). The maximum atomic E-state index is 12.8. The van der Waals surface area contributed by atoms with E-state index in [4.69, 9.17) is 14.6 Å². The second-order valence-electron chi connectivity index (χ2n) is 6.85. The summed E-state index contributed by atoms with van der Waals surface area (Å²) >= 11 is 0. The molecule has 3 N–H and O–H groups in total. The zero-order valence-electron chi connectivity index (χ0n) is 17.6. The van der Waals surface area contributed by atoms with Gasteiger partial charge in [0.2, 0.25) is 11.8 Å². The fourth-order valence-corrected chi connectivity index (χ4v) is 2.96. The molecule has 30 heavy (non-hydrogen) atoms. The van der Waals surface area contributed by atoms with Crippen molar-refractivity contribution in [2.45, 2.75) is 32.9 Å². The first-order valence-electron chi connectivity index (χ1n) is 9.65. The Morgan fingerprint density at radius 1 is 1.23 bits per heavy atom. The Kier molecular flexibility index (Phi) is 8.16. The van der Waals surface area contributed by atoms with Crippen molar-refractivity contribution in [2.75, 3.05) is 27.4 Å². The van der Waals surface area contributed by atoms with Crippen LogP contribution in [-0.2, 0) is 16.1 Å². The van der Waals surface area contributed by atoms with Gasteiger partial charge in [0.25, 0.3) is 5.56 Å². The molecule has 2 rings (SSSR count). The Hall–Kier alpha value is -3.14. The summed E-state index contributed by atoms with van der Waals surface area (Å²) in [4.78, 5) is 41.9. The van der Waals surface area contributed by atoms with Crippen LogP contribution in [0.15, 0.2) is 23.3 Å². The van der Waals surface area contributed by atoms with E-state index in [-0.39, 0.29) is 36.9 Å². The highest BCUT2D eigenvalue weighted by Crippen LogP contribution is 2.29. The smallest absolute Gasteiger partial charge is 0.261 e. The van der Waals surface area contributed by atoms with Crippen molar-refractivity contribution in [1.82, 2.24) is 20.2 Å². The van der Waals surface area contributed by atoms with E-state index in [2.05, 4.69) is 15.6 Å². The van der Waals surface area contributed by atoms with Gasteiger partial charge in [0.05, 0.1) is 38.1 Å². The second kappa shape index (κ2) is 10.6. The molecule has 1 heterocycles. The Labute approximate surface area is 174 Å². The number of aromatic nitrogens is 2. The van der Waals surface area contributed by atoms with Crippen molar-refractivity contribution in [3.05, 3.63) is 28.8 Å². The molecular formula is C20H28N4O6. The third-order valence-corrected chi connectivity index (χ3v) is 4.87. The van der Waals surface area contributed by atoms with Crippen LogP contribution in [0.25, 0.3) is 10.9 Å². The molecule has 0 saturated carbocycles. The molecule has 2 aromatic rings. The molecule has 1 aromatic carbocycles. The molecule has 164 valence electrons. The van der Waals surface area contributed by atoms with E-state index in [1.165, 1.54) is 31.2 Å². The van der Waals surface area contributed by atoms with Gasteiger partial charge < -0.3 is 25.2 Å². The highest BCUT2D eigenvalue weighted by atomic mass is 16.5. The summed E-state index contributed by atoms with van der Waals surface area (Å²) in [6, 6.07) is 2.33. The minimum atomic E-state index is -0.775. The number of rotatable bonds is 10. The number of fused-ring (bicyclic) bond motifs is 1. The van der Waals surface area contributed by atoms with Crippen molar-refractivity contribution in [3.8, 4) is 11.5 Å². The van der Waals surface area contributed by atoms with Crippen molar-refractivity contribution in [3.63, 3.8) is 0 Å². The molecular weight excluding hydrogens is 392 g/mol. The number of amides is 2.